The molecular weight excluding hydrogens is 314 g/mol. The lowest BCUT2D eigenvalue weighted by Crippen LogP contribution is -2.37. The predicted molar refractivity (Wildman–Crippen MR) is 89.0 cm³/mol. The summed E-state index contributed by atoms with van der Waals surface area (Å²) in [5.41, 5.74) is 1.94. The number of hydrogen-bond donors (Lipinski definition) is 1. The van der Waals surface area contributed by atoms with E-state index in [1.54, 1.807) is 11.8 Å². The first-order valence-corrected chi connectivity index (χ1v) is 8.21. The number of anilines is 1. The van der Waals surface area contributed by atoms with Crippen molar-refractivity contribution in [1.29, 1.82) is 0 Å². The van der Waals surface area contributed by atoms with Crippen molar-refractivity contribution in [1.82, 2.24) is 14.9 Å². The summed E-state index contributed by atoms with van der Waals surface area (Å²) in [5.74, 6) is 5.79. The summed E-state index contributed by atoms with van der Waals surface area (Å²) in [6, 6.07) is 8.00. The molecule has 0 aliphatic carbocycles. The number of nitrogen functional groups attached to an aromatic ring is 1. The number of nitrogens with zero attached hydrogens (tertiary/aromatic N) is 4. The molecule has 2 aromatic rings. The van der Waals surface area contributed by atoms with Gasteiger partial charge in [0.2, 0.25) is 11.1 Å². The lowest BCUT2D eigenvalue weighted by atomic mass is 10.1. The summed E-state index contributed by atoms with van der Waals surface area (Å²) in [7, 11) is 0. The molecule has 3 rings (SSSR count). The topological polar surface area (TPSA) is 94.1 Å². The van der Waals surface area contributed by atoms with Gasteiger partial charge in [0.25, 0.3) is 5.56 Å². The zero-order chi connectivity index (χ0) is 16.6. The van der Waals surface area contributed by atoms with Gasteiger partial charge in [-0.15, -0.1) is 10.2 Å². The molecule has 0 spiro atoms. The molecule has 0 saturated heterocycles. The van der Waals surface area contributed by atoms with Crippen LogP contribution in [0.15, 0.2) is 34.2 Å². The summed E-state index contributed by atoms with van der Waals surface area (Å²) in [6.45, 7) is 3.56. The van der Waals surface area contributed by atoms with Crippen molar-refractivity contribution in [3.63, 3.8) is 0 Å². The van der Waals surface area contributed by atoms with Crippen molar-refractivity contribution in [2.75, 3.05) is 16.5 Å². The van der Waals surface area contributed by atoms with Crippen molar-refractivity contribution in [2.45, 2.75) is 31.5 Å². The Morgan fingerprint density at radius 1 is 1.39 bits per heavy atom. The summed E-state index contributed by atoms with van der Waals surface area (Å²) in [4.78, 5) is 26.1. The number of benzene rings is 1. The Morgan fingerprint density at radius 3 is 2.91 bits per heavy atom. The Labute approximate surface area is 137 Å². The molecule has 7 nitrogen and oxygen atoms in total. The normalized spacial score (nSPS) is 16.4. The molecular formula is C15H17N5O2S. The lowest BCUT2D eigenvalue weighted by molar-refractivity contribution is -0.116. The van der Waals surface area contributed by atoms with Crippen LogP contribution in [0.4, 0.5) is 5.69 Å². The average Bonchev–Trinajstić information content (AvgIpc) is 2.87. The van der Waals surface area contributed by atoms with E-state index in [0.717, 1.165) is 28.5 Å². The average molecular weight is 331 g/mol. The molecule has 8 heteroatoms. The van der Waals surface area contributed by atoms with E-state index < -0.39 is 5.56 Å². The van der Waals surface area contributed by atoms with Gasteiger partial charge >= 0.3 is 0 Å². The molecule has 1 unspecified atom stereocenters. The van der Waals surface area contributed by atoms with Crippen LogP contribution in [0.3, 0.4) is 0 Å². The van der Waals surface area contributed by atoms with Gasteiger partial charge in [-0.25, -0.2) is 0 Å². The quantitative estimate of drug-likeness (QED) is 0.658. The van der Waals surface area contributed by atoms with Crippen LogP contribution < -0.4 is 16.3 Å². The fourth-order valence-electron chi connectivity index (χ4n) is 2.71. The molecule has 2 N–H and O–H groups in total. The molecule has 0 bridgehead atoms. The summed E-state index contributed by atoms with van der Waals surface area (Å²) >= 11 is 1.11. The molecule has 1 aliphatic rings. The Bertz CT molecular complexity index is 820. The maximum atomic E-state index is 12.6. The highest BCUT2D eigenvalue weighted by Crippen LogP contribution is 2.32. The van der Waals surface area contributed by atoms with Gasteiger partial charge in [0, 0.05) is 11.7 Å². The van der Waals surface area contributed by atoms with Crippen LogP contribution in [0.2, 0.25) is 0 Å². The number of carbonyl (C=O) groups excluding carboxylic acids is 1. The highest BCUT2D eigenvalue weighted by Gasteiger charge is 2.30. The molecule has 1 aliphatic heterocycles. The van der Waals surface area contributed by atoms with Crippen LogP contribution in [0.5, 0.6) is 0 Å². The first kappa shape index (κ1) is 15.5. The van der Waals surface area contributed by atoms with Gasteiger partial charge in [0.15, 0.2) is 0 Å². The highest BCUT2D eigenvalue weighted by atomic mass is 32.2. The number of thioether (sulfide) groups is 1. The second-order valence-corrected chi connectivity index (χ2v) is 6.42. The van der Waals surface area contributed by atoms with Crippen LogP contribution in [-0.4, -0.2) is 32.6 Å². The van der Waals surface area contributed by atoms with Gasteiger partial charge in [0.1, 0.15) is 5.69 Å². The molecule has 120 valence electrons. The molecule has 0 fully saturated rings. The van der Waals surface area contributed by atoms with Crippen molar-refractivity contribution < 1.29 is 4.79 Å². The van der Waals surface area contributed by atoms with Crippen LogP contribution in [0.25, 0.3) is 0 Å². The SMILES string of the molecule is Cc1nnc(SCC(=O)N2c3ccccc3CC2C)n(N)c1=O. The first-order valence-electron chi connectivity index (χ1n) is 7.23. The summed E-state index contributed by atoms with van der Waals surface area (Å²) in [5, 5.41) is 7.87. The van der Waals surface area contributed by atoms with E-state index in [9.17, 15) is 9.59 Å². The van der Waals surface area contributed by atoms with E-state index in [2.05, 4.69) is 10.2 Å². The number of rotatable bonds is 3. The molecule has 0 radical (unpaired) electrons. The predicted octanol–water partition coefficient (Wildman–Crippen LogP) is 0.730. The number of aromatic nitrogens is 3. The number of carbonyl (C=O) groups is 1. The van der Waals surface area contributed by atoms with Gasteiger partial charge in [-0.2, -0.15) is 4.68 Å². The van der Waals surface area contributed by atoms with Crippen molar-refractivity contribution >= 4 is 23.4 Å². The minimum Gasteiger partial charge on any atom is -0.334 e. The minimum atomic E-state index is -0.408. The van der Waals surface area contributed by atoms with Crippen LogP contribution >= 0.6 is 11.8 Å². The van der Waals surface area contributed by atoms with Gasteiger partial charge < -0.3 is 10.7 Å². The number of aryl methyl sites for hydroxylation is 1. The Hall–Kier alpha value is -2.35. The Kier molecular flexibility index (Phi) is 4.08. The molecule has 2 heterocycles. The van der Waals surface area contributed by atoms with Gasteiger partial charge in [-0.05, 0) is 31.9 Å². The van der Waals surface area contributed by atoms with Gasteiger partial charge in [-0.1, -0.05) is 30.0 Å². The number of fused-ring (bicyclic) bond motifs is 1. The van der Waals surface area contributed by atoms with Crippen molar-refractivity contribution in [3.8, 4) is 0 Å². The van der Waals surface area contributed by atoms with E-state index in [-0.39, 0.29) is 28.6 Å². The maximum absolute atomic E-state index is 12.6. The maximum Gasteiger partial charge on any atom is 0.294 e. The van der Waals surface area contributed by atoms with E-state index in [0.29, 0.717) is 0 Å². The zero-order valence-electron chi connectivity index (χ0n) is 12.9. The molecule has 23 heavy (non-hydrogen) atoms. The molecule has 0 saturated carbocycles. The molecule has 1 aromatic heterocycles. The third-order valence-electron chi connectivity index (χ3n) is 3.82. The number of hydrogen-bond acceptors (Lipinski definition) is 6. The van der Waals surface area contributed by atoms with Crippen molar-refractivity contribution in [2.24, 2.45) is 0 Å². The fraction of sp³-hybridized carbons (Fsp3) is 0.333. The third kappa shape index (κ3) is 2.81. The van der Waals surface area contributed by atoms with Crippen LogP contribution in [0, 0.1) is 6.92 Å². The number of para-hydroxylation sites is 1. The van der Waals surface area contributed by atoms with Gasteiger partial charge in [0.05, 0.1) is 5.75 Å². The van der Waals surface area contributed by atoms with Gasteiger partial charge in [-0.3, -0.25) is 9.59 Å². The lowest BCUT2D eigenvalue weighted by Gasteiger charge is -2.22. The smallest absolute Gasteiger partial charge is 0.294 e. The van der Waals surface area contributed by atoms with E-state index in [1.807, 2.05) is 31.2 Å². The Balaban J connectivity index is 1.76. The first-order chi connectivity index (χ1) is 11.0. The largest absolute Gasteiger partial charge is 0.334 e. The van der Waals surface area contributed by atoms with E-state index >= 15 is 0 Å². The monoisotopic (exact) mass is 331 g/mol. The summed E-state index contributed by atoms with van der Waals surface area (Å²) in [6.07, 6.45) is 0.846. The standard InChI is InChI=1S/C15H17N5O2S/c1-9-7-11-5-3-4-6-12(11)19(9)13(21)8-23-15-18-17-10(2)14(22)20(15)16/h3-6,9H,7-8,16H2,1-2H3. The number of nitrogens with two attached hydrogens (primary N) is 1. The zero-order valence-corrected chi connectivity index (χ0v) is 13.7. The van der Waals surface area contributed by atoms with Crippen LogP contribution in [-0.2, 0) is 11.2 Å². The summed E-state index contributed by atoms with van der Waals surface area (Å²) < 4.78 is 0.932. The molecule has 1 aromatic carbocycles. The van der Waals surface area contributed by atoms with Crippen LogP contribution in [0.1, 0.15) is 18.2 Å². The minimum absolute atomic E-state index is 0.0396. The van der Waals surface area contributed by atoms with E-state index in [1.165, 1.54) is 5.56 Å². The molecule has 1 amide bonds. The van der Waals surface area contributed by atoms with Crippen molar-refractivity contribution in [3.05, 3.63) is 45.9 Å². The van der Waals surface area contributed by atoms with E-state index in [4.69, 9.17) is 5.84 Å². The fourth-order valence-corrected chi connectivity index (χ4v) is 3.42. The second-order valence-electron chi connectivity index (χ2n) is 5.48. The molecule has 1 atom stereocenters. The Morgan fingerprint density at radius 2 is 2.13 bits per heavy atom. The number of amides is 1. The second kappa shape index (κ2) is 6.04. The highest BCUT2D eigenvalue weighted by molar-refractivity contribution is 7.99. The third-order valence-corrected chi connectivity index (χ3v) is 4.75.